The van der Waals surface area contributed by atoms with E-state index < -0.39 is 5.09 Å². The number of carbonyl (C=O) groups is 1. The van der Waals surface area contributed by atoms with Gasteiger partial charge in [0, 0.05) is 24.9 Å². The van der Waals surface area contributed by atoms with Crippen molar-refractivity contribution < 1.29 is 19.5 Å². The molecule has 0 saturated carbocycles. The summed E-state index contributed by atoms with van der Waals surface area (Å²) in [4.78, 5) is 31.4. The molecule has 0 radical (unpaired) electrons. The van der Waals surface area contributed by atoms with Gasteiger partial charge in [-0.15, -0.1) is 20.3 Å². The van der Waals surface area contributed by atoms with Gasteiger partial charge >= 0.3 is 5.97 Å². The highest BCUT2D eigenvalue weighted by atomic mass is 35.5. The fourth-order valence-corrected chi connectivity index (χ4v) is 4.70. The first-order chi connectivity index (χ1) is 20.0. The maximum absolute atomic E-state index is 12.4. The number of nitrogens with zero attached hydrogens (tertiary/aromatic N) is 6. The number of aromatic nitrogens is 6. The van der Waals surface area contributed by atoms with E-state index in [-0.39, 0.29) is 25.6 Å². The van der Waals surface area contributed by atoms with E-state index in [9.17, 15) is 14.9 Å². The van der Waals surface area contributed by atoms with Gasteiger partial charge in [-0.1, -0.05) is 79.9 Å². The molecular formula is C28H32ClN7O5. The van der Waals surface area contributed by atoms with E-state index in [1.807, 2.05) is 28.8 Å². The Kier molecular flexibility index (Phi) is 10.8. The zero-order valence-electron chi connectivity index (χ0n) is 22.8. The van der Waals surface area contributed by atoms with Crippen molar-refractivity contribution in [2.24, 2.45) is 0 Å². The predicted octanol–water partition coefficient (Wildman–Crippen LogP) is 5.59. The number of benzene rings is 2. The van der Waals surface area contributed by atoms with E-state index >= 15 is 0 Å². The minimum atomic E-state index is -0.818. The molecule has 216 valence electrons. The third kappa shape index (κ3) is 8.34. The highest BCUT2D eigenvalue weighted by Crippen LogP contribution is 2.30. The molecule has 0 aliphatic rings. The lowest BCUT2D eigenvalue weighted by molar-refractivity contribution is -0.757. The summed E-state index contributed by atoms with van der Waals surface area (Å²) in [6, 6.07) is 16.1. The van der Waals surface area contributed by atoms with Gasteiger partial charge < -0.3 is 14.1 Å². The summed E-state index contributed by atoms with van der Waals surface area (Å²) in [7, 11) is 0. The van der Waals surface area contributed by atoms with Gasteiger partial charge in [0.05, 0.1) is 12.3 Å². The van der Waals surface area contributed by atoms with Crippen LogP contribution in [-0.2, 0) is 33.9 Å². The third-order valence-electron chi connectivity index (χ3n) is 6.57. The first-order valence-electron chi connectivity index (χ1n) is 13.5. The van der Waals surface area contributed by atoms with Crippen molar-refractivity contribution >= 4 is 17.6 Å². The second-order valence-corrected chi connectivity index (χ2v) is 9.82. The molecule has 0 aliphatic heterocycles. The van der Waals surface area contributed by atoms with Crippen molar-refractivity contribution in [2.45, 2.75) is 65.0 Å². The number of carbonyl (C=O) groups excluding carboxylic acids is 1. The van der Waals surface area contributed by atoms with E-state index in [0.29, 0.717) is 42.5 Å². The van der Waals surface area contributed by atoms with E-state index in [0.717, 1.165) is 47.3 Å². The SMILES string of the molecule is CCCCc1nc(Cl)c(COC(=O)CCCCCO[N+](=O)[O-])n1Cc1ccc(-c2ccccc2-c2nn[nH]n2)cc1. The molecule has 1 N–H and O–H groups in total. The molecule has 0 aliphatic carbocycles. The molecule has 0 amide bonds. The van der Waals surface area contributed by atoms with Gasteiger partial charge in [-0.05, 0) is 41.2 Å². The largest absolute Gasteiger partial charge is 0.459 e. The molecule has 2 aromatic carbocycles. The second-order valence-electron chi connectivity index (χ2n) is 9.46. The van der Waals surface area contributed by atoms with E-state index in [2.05, 4.69) is 61.6 Å². The predicted molar refractivity (Wildman–Crippen MR) is 151 cm³/mol. The number of hydrogen-bond acceptors (Lipinski definition) is 9. The number of unbranched alkanes of at least 4 members (excludes halogenated alkanes) is 3. The minimum Gasteiger partial charge on any atom is -0.459 e. The molecule has 0 unspecified atom stereocenters. The molecule has 0 fully saturated rings. The zero-order chi connectivity index (χ0) is 29.0. The molecule has 0 bridgehead atoms. The molecule has 4 rings (SSSR count). The Morgan fingerprint density at radius 3 is 2.56 bits per heavy atom. The number of tetrazole rings is 1. The first-order valence-corrected chi connectivity index (χ1v) is 13.9. The summed E-state index contributed by atoms with van der Waals surface area (Å²) in [5.74, 6) is 1.02. The summed E-state index contributed by atoms with van der Waals surface area (Å²) in [6.45, 7) is 2.67. The molecule has 12 nitrogen and oxygen atoms in total. The van der Waals surface area contributed by atoms with Crippen molar-refractivity contribution in [3.63, 3.8) is 0 Å². The van der Waals surface area contributed by atoms with Crippen molar-refractivity contribution in [3.05, 3.63) is 80.9 Å². The van der Waals surface area contributed by atoms with Crippen LogP contribution < -0.4 is 0 Å². The van der Waals surface area contributed by atoms with Crippen LogP contribution in [0.3, 0.4) is 0 Å². The standard InChI is InChI=1S/C28H32ClN7O5/c1-2-3-11-25-30-27(29)24(19-40-26(37)12-5-4-8-17-41-36(38)39)35(25)18-20-13-15-21(16-14-20)22-9-6-7-10-23(22)28-31-33-34-32-28/h6-7,9-10,13-16H,2-5,8,11-12,17-19H2,1H3,(H,31,32,33,34). The molecule has 13 heteroatoms. The molecule has 4 aromatic rings. The molecule has 2 aromatic heterocycles. The number of rotatable bonds is 16. The van der Waals surface area contributed by atoms with Crippen molar-refractivity contribution in [2.75, 3.05) is 6.61 Å². The van der Waals surface area contributed by atoms with Crippen LogP contribution in [0.25, 0.3) is 22.5 Å². The minimum absolute atomic E-state index is 0.0113. The Morgan fingerprint density at radius 1 is 1.07 bits per heavy atom. The van der Waals surface area contributed by atoms with E-state index in [4.69, 9.17) is 16.3 Å². The maximum Gasteiger partial charge on any atom is 0.306 e. The summed E-state index contributed by atoms with van der Waals surface area (Å²) in [6.07, 6.45) is 4.60. The number of ether oxygens (including phenoxy) is 1. The van der Waals surface area contributed by atoms with Crippen molar-refractivity contribution in [1.82, 2.24) is 30.2 Å². The number of hydrogen-bond donors (Lipinski definition) is 1. The highest BCUT2D eigenvalue weighted by molar-refractivity contribution is 6.30. The lowest BCUT2D eigenvalue weighted by Crippen LogP contribution is -2.12. The number of H-pyrrole nitrogens is 1. The quantitative estimate of drug-likeness (QED) is 0.0772. The number of aryl methyl sites for hydroxylation is 1. The summed E-state index contributed by atoms with van der Waals surface area (Å²) in [5, 5.41) is 24.1. The molecule has 0 atom stereocenters. The van der Waals surface area contributed by atoms with Crippen LogP contribution in [0.15, 0.2) is 48.5 Å². The van der Waals surface area contributed by atoms with E-state index in [1.54, 1.807) is 0 Å². The Morgan fingerprint density at radius 2 is 1.85 bits per heavy atom. The lowest BCUT2D eigenvalue weighted by Gasteiger charge is -2.14. The van der Waals surface area contributed by atoms with Gasteiger partial charge in [0.1, 0.15) is 12.4 Å². The summed E-state index contributed by atoms with van der Waals surface area (Å²) < 4.78 is 7.56. The Bertz CT molecular complexity index is 1420. The van der Waals surface area contributed by atoms with Gasteiger partial charge in [0.15, 0.2) is 5.15 Å². The molecule has 2 heterocycles. The van der Waals surface area contributed by atoms with E-state index in [1.165, 1.54) is 0 Å². The molecular weight excluding hydrogens is 550 g/mol. The summed E-state index contributed by atoms with van der Waals surface area (Å²) >= 11 is 6.53. The van der Waals surface area contributed by atoms with Crippen LogP contribution >= 0.6 is 11.6 Å². The Balaban J connectivity index is 1.43. The van der Waals surface area contributed by atoms with Crippen LogP contribution in [0.1, 0.15) is 62.5 Å². The number of aromatic amines is 1. The van der Waals surface area contributed by atoms with Gasteiger partial charge in [-0.3, -0.25) is 4.79 Å². The van der Waals surface area contributed by atoms with Crippen LogP contribution in [0.2, 0.25) is 5.15 Å². The number of nitrogens with one attached hydrogen (secondary N) is 1. The van der Waals surface area contributed by atoms with Gasteiger partial charge in [-0.25, -0.2) is 4.98 Å². The van der Waals surface area contributed by atoms with Crippen LogP contribution in [0.4, 0.5) is 0 Å². The lowest BCUT2D eigenvalue weighted by atomic mass is 9.98. The number of imidazole rings is 1. The Labute approximate surface area is 242 Å². The van der Waals surface area contributed by atoms with Crippen LogP contribution in [0, 0.1) is 10.1 Å². The second kappa shape index (κ2) is 14.9. The monoisotopic (exact) mass is 581 g/mol. The topological polar surface area (TPSA) is 151 Å². The molecule has 41 heavy (non-hydrogen) atoms. The third-order valence-corrected chi connectivity index (χ3v) is 6.87. The van der Waals surface area contributed by atoms with Gasteiger partial charge in [0.2, 0.25) is 5.82 Å². The normalized spacial score (nSPS) is 11.0. The van der Waals surface area contributed by atoms with Gasteiger partial charge in [-0.2, -0.15) is 5.21 Å². The number of halogens is 1. The Hall–Kier alpha value is -4.32. The van der Waals surface area contributed by atoms with Crippen molar-refractivity contribution in [3.8, 4) is 22.5 Å². The average Bonchev–Trinajstić information content (AvgIpc) is 3.61. The van der Waals surface area contributed by atoms with Crippen LogP contribution in [0.5, 0.6) is 0 Å². The van der Waals surface area contributed by atoms with Crippen molar-refractivity contribution in [1.29, 1.82) is 0 Å². The van der Waals surface area contributed by atoms with Crippen LogP contribution in [-0.4, -0.2) is 47.8 Å². The average molecular weight is 582 g/mol. The zero-order valence-corrected chi connectivity index (χ0v) is 23.5. The van der Waals surface area contributed by atoms with Gasteiger partial charge in [0.25, 0.3) is 5.09 Å². The first kappa shape index (κ1) is 29.7. The molecule has 0 spiro atoms. The summed E-state index contributed by atoms with van der Waals surface area (Å²) in [5.41, 5.74) is 4.58. The highest BCUT2D eigenvalue weighted by Gasteiger charge is 2.18. The fourth-order valence-electron chi connectivity index (χ4n) is 4.44. The maximum atomic E-state index is 12.4. The smallest absolute Gasteiger partial charge is 0.306 e. The fraction of sp³-hybridized carbons (Fsp3) is 0.393. The number of esters is 1. The molecule has 0 saturated heterocycles.